The van der Waals surface area contributed by atoms with Crippen LogP contribution in [-0.2, 0) is 4.79 Å². The molecule has 190 valence electrons. The summed E-state index contributed by atoms with van der Waals surface area (Å²) < 4.78 is 3.50. The van der Waals surface area contributed by atoms with Gasteiger partial charge in [0.05, 0.1) is 23.5 Å². The number of nitrogens with zero attached hydrogens (tertiary/aromatic N) is 2. The average Bonchev–Trinajstić information content (AvgIpc) is 3.43. The first-order chi connectivity index (χ1) is 17.9. The van der Waals surface area contributed by atoms with Crippen LogP contribution in [0.2, 0.25) is 0 Å². The van der Waals surface area contributed by atoms with Crippen molar-refractivity contribution in [3.63, 3.8) is 0 Å². The van der Waals surface area contributed by atoms with Gasteiger partial charge in [-0.3, -0.25) is 13.9 Å². The molecule has 0 bridgehead atoms. The molecule has 2 atom stereocenters. The van der Waals surface area contributed by atoms with E-state index >= 15 is 0 Å². The third-order valence-corrected chi connectivity index (χ3v) is 7.15. The molecule has 0 saturated heterocycles. The number of carbonyl (C=O) groups is 1. The summed E-state index contributed by atoms with van der Waals surface area (Å²) in [5.41, 5.74) is 6.32. The van der Waals surface area contributed by atoms with E-state index < -0.39 is 12.0 Å². The maximum absolute atomic E-state index is 14.1. The number of benzene rings is 3. The van der Waals surface area contributed by atoms with Crippen LogP contribution in [0.4, 0.5) is 11.4 Å². The average molecular weight is 497 g/mol. The number of fused-ring (bicyclic) bond motifs is 2. The molecule has 37 heavy (non-hydrogen) atoms. The summed E-state index contributed by atoms with van der Waals surface area (Å²) in [5, 5.41) is 14.2. The number of anilines is 2. The van der Waals surface area contributed by atoms with Crippen LogP contribution in [0.3, 0.4) is 0 Å². The molecule has 2 unspecified atom stereocenters. The summed E-state index contributed by atoms with van der Waals surface area (Å²) in [7, 11) is 0. The Bertz CT molecular complexity index is 1630. The molecule has 0 aliphatic rings. The van der Waals surface area contributed by atoms with Gasteiger partial charge in [-0.2, -0.15) is 0 Å². The predicted molar refractivity (Wildman–Crippen MR) is 149 cm³/mol. The summed E-state index contributed by atoms with van der Waals surface area (Å²) in [5.74, 6) is -0.908. The fourth-order valence-electron chi connectivity index (χ4n) is 5.46. The number of aromatic nitrogens is 3. The molecule has 5 aromatic rings. The molecule has 0 spiro atoms. The number of carboxylic acid groups (broad SMARTS) is 1. The molecular formula is C30H32N4O3. The molecule has 0 amide bonds. The number of aromatic amines is 1. The maximum atomic E-state index is 14.1. The molecule has 3 N–H and O–H groups in total. The monoisotopic (exact) mass is 496 g/mol. The van der Waals surface area contributed by atoms with Crippen molar-refractivity contribution in [1.82, 2.24) is 14.1 Å². The molecule has 0 radical (unpaired) electrons. The molecule has 7 nitrogen and oxygen atoms in total. The van der Waals surface area contributed by atoms with Crippen LogP contribution < -0.4 is 11.0 Å². The van der Waals surface area contributed by atoms with Crippen molar-refractivity contribution in [1.29, 1.82) is 0 Å². The van der Waals surface area contributed by atoms with Crippen LogP contribution in [0, 0.1) is 6.92 Å². The number of hydrogen-bond acceptors (Lipinski definition) is 3. The summed E-state index contributed by atoms with van der Waals surface area (Å²) >= 11 is 0. The quantitative estimate of drug-likeness (QED) is 0.210. The van der Waals surface area contributed by atoms with Crippen molar-refractivity contribution in [3.8, 4) is 0 Å². The van der Waals surface area contributed by atoms with Crippen molar-refractivity contribution >= 4 is 39.3 Å². The lowest BCUT2D eigenvalue weighted by molar-refractivity contribution is -0.137. The van der Waals surface area contributed by atoms with E-state index in [-0.39, 0.29) is 18.2 Å². The molecule has 0 aliphatic carbocycles. The zero-order valence-electron chi connectivity index (χ0n) is 21.4. The first-order valence-electron chi connectivity index (χ1n) is 12.8. The molecule has 0 aliphatic heterocycles. The molecule has 5 rings (SSSR count). The van der Waals surface area contributed by atoms with Crippen LogP contribution in [0.25, 0.3) is 21.9 Å². The van der Waals surface area contributed by atoms with Gasteiger partial charge in [-0.1, -0.05) is 43.7 Å². The largest absolute Gasteiger partial charge is 0.481 e. The van der Waals surface area contributed by atoms with Crippen molar-refractivity contribution < 1.29 is 9.90 Å². The Morgan fingerprint density at radius 2 is 1.78 bits per heavy atom. The van der Waals surface area contributed by atoms with Crippen LogP contribution in [-0.4, -0.2) is 25.2 Å². The molecule has 0 saturated carbocycles. The Kier molecular flexibility index (Phi) is 6.61. The second kappa shape index (κ2) is 10.0. The topological polar surface area (TPSA) is 92.0 Å². The highest BCUT2D eigenvalue weighted by Crippen LogP contribution is 2.33. The Balaban J connectivity index is 1.72. The minimum absolute atomic E-state index is 0.0998. The first kappa shape index (κ1) is 24.4. The van der Waals surface area contributed by atoms with Gasteiger partial charge in [0.15, 0.2) is 0 Å². The highest BCUT2D eigenvalue weighted by Gasteiger charge is 2.26. The van der Waals surface area contributed by atoms with Crippen molar-refractivity contribution in [2.24, 2.45) is 0 Å². The van der Waals surface area contributed by atoms with Gasteiger partial charge >= 0.3 is 11.7 Å². The number of para-hydroxylation sites is 1. The molecule has 0 fully saturated rings. The van der Waals surface area contributed by atoms with Crippen LogP contribution >= 0.6 is 0 Å². The minimum Gasteiger partial charge on any atom is -0.481 e. The van der Waals surface area contributed by atoms with Gasteiger partial charge in [-0.25, -0.2) is 4.79 Å². The van der Waals surface area contributed by atoms with Crippen LogP contribution in [0.5, 0.6) is 0 Å². The van der Waals surface area contributed by atoms with Gasteiger partial charge in [-0.15, -0.1) is 0 Å². The fourth-order valence-corrected chi connectivity index (χ4v) is 5.46. The summed E-state index contributed by atoms with van der Waals surface area (Å²) in [6, 6.07) is 21.2. The number of imidazole rings is 1. The van der Waals surface area contributed by atoms with Gasteiger partial charge in [0.2, 0.25) is 0 Å². The van der Waals surface area contributed by atoms with Gasteiger partial charge in [0.25, 0.3) is 0 Å². The van der Waals surface area contributed by atoms with E-state index in [0.717, 1.165) is 50.9 Å². The zero-order chi connectivity index (χ0) is 26.1. The summed E-state index contributed by atoms with van der Waals surface area (Å²) in [4.78, 5) is 29.2. The SMILES string of the molecule is CCCC(CC(=O)O)n1c(=O)n(C(C)c2c[nH]c3cccc(C)c23)c2cc(Nc3ccccc3)ccc21. The normalized spacial score (nSPS) is 13.2. The van der Waals surface area contributed by atoms with Crippen LogP contribution in [0.1, 0.15) is 56.3 Å². The third-order valence-electron chi connectivity index (χ3n) is 7.15. The van der Waals surface area contributed by atoms with E-state index in [2.05, 4.69) is 23.3 Å². The van der Waals surface area contributed by atoms with E-state index in [1.807, 2.05) is 85.3 Å². The number of rotatable bonds is 9. The second-order valence-corrected chi connectivity index (χ2v) is 9.67. The lowest BCUT2D eigenvalue weighted by atomic mass is 10.0. The maximum Gasteiger partial charge on any atom is 0.329 e. The fraction of sp³-hybridized carbons (Fsp3) is 0.267. The molecule has 2 aromatic heterocycles. The van der Waals surface area contributed by atoms with E-state index in [9.17, 15) is 14.7 Å². The lowest BCUT2D eigenvalue weighted by Crippen LogP contribution is -2.30. The Hall–Kier alpha value is -4.26. The van der Waals surface area contributed by atoms with Gasteiger partial charge in [-0.05, 0) is 62.2 Å². The number of aryl methyl sites for hydroxylation is 1. The molecule has 3 aromatic carbocycles. The number of carboxylic acids is 1. The zero-order valence-corrected chi connectivity index (χ0v) is 21.4. The summed E-state index contributed by atoms with van der Waals surface area (Å²) in [6.07, 6.45) is 3.26. The molecular weight excluding hydrogens is 464 g/mol. The van der Waals surface area contributed by atoms with Gasteiger partial charge < -0.3 is 15.4 Å². The Morgan fingerprint density at radius 3 is 2.51 bits per heavy atom. The van der Waals surface area contributed by atoms with Crippen LogP contribution in [0.15, 0.2) is 77.7 Å². The van der Waals surface area contributed by atoms with Crippen molar-refractivity contribution in [2.45, 2.75) is 52.1 Å². The van der Waals surface area contributed by atoms with E-state index in [0.29, 0.717) is 6.42 Å². The lowest BCUT2D eigenvalue weighted by Gasteiger charge is -2.17. The summed E-state index contributed by atoms with van der Waals surface area (Å²) in [6.45, 7) is 6.12. The molecule has 7 heteroatoms. The highest BCUT2D eigenvalue weighted by molar-refractivity contribution is 5.88. The van der Waals surface area contributed by atoms with Gasteiger partial charge in [0, 0.05) is 40.1 Å². The number of aliphatic carboxylic acids is 1. The smallest absolute Gasteiger partial charge is 0.329 e. The van der Waals surface area contributed by atoms with E-state index in [4.69, 9.17) is 0 Å². The number of H-pyrrole nitrogens is 1. The van der Waals surface area contributed by atoms with Crippen molar-refractivity contribution in [2.75, 3.05) is 5.32 Å². The number of hydrogen-bond donors (Lipinski definition) is 3. The number of nitrogens with one attached hydrogen (secondary N) is 2. The van der Waals surface area contributed by atoms with Crippen molar-refractivity contribution in [3.05, 3.63) is 94.5 Å². The standard InChI is InChI=1S/C30H32N4O3/c1-4-9-23(17-28(35)36)34-26-15-14-22(32-21-11-6-5-7-12-21)16-27(26)33(30(34)37)20(3)24-18-31-25-13-8-10-19(2)29(24)25/h5-8,10-16,18,20,23,31-32H,4,9,17H2,1-3H3,(H,35,36). The Morgan fingerprint density at radius 1 is 1.00 bits per heavy atom. The Labute approximate surface area is 215 Å². The predicted octanol–water partition coefficient (Wildman–Crippen LogP) is 6.76. The van der Waals surface area contributed by atoms with Gasteiger partial charge in [0.1, 0.15) is 0 Å². The first-order valence-corrected chi connectivity index (χ1v) is 12.8. The van der Waals surface area contributed by atoms with E-state index in [1.54, 1.807) is 4.57 Å². The minimum atomic E-state index is -0.908. The molecule has 2 heterocycles. The highest BCUT2D eigenvalue weighted by atomic mass is 16.4. The second-order valence-electron chi connectivity index (χ2n) is 9.67. The third kappa shape index (κ3) is 4.53. The van der Waals surface area contributed by atoms with E-state index in [1.165, 1.54) is 0 Å².